The first-order chi connectivity index (χ1) is 9.16. The summed E-state index contributed by atoms with van der Waals surface area (Å²) in [6, 6.07) is 4.01. The molecular weight excluding hydrogens is 264 g/mol. The maximum Gasteiger partial charge on any atom is 0.355 e. The molecule has 2 aromatic rings. The van der Waals surface area contributed by atoms with Crippen LogP contribution in [0.25, 0.3) is 0 Å². The van der Waals surface area contributed by atoms with Crippen molar-refractivity contribution >= 4 is 22.4 Å². The molecule has 1 unspecified atom stereocenters. The third-order valence-corrected chi connectivity index (χ3v) is 4.37. The number of aromatic carboxylic acids is 1. The molecule has 2 aromatic heterocycles. The van der Waals surface area contributed by atoms with Gasteiger partial charge in [0.15, 0.2) is 10.8 Å². The van der Waals surface area contributed by atoms with Crippen LogP contribution >= 0.6 is 11.3 Å². The van der Waals surface area contributed by atoms with Crippen molar-refractivity contribution in [2.24, 2.45) is 0 Å². The summed E-state index contributed by atoms with van der Waals surface area (Å²) in [5.41, 5.74) is 0.157. The topological polar surface area (TPSA) is 66.6 Å². The number of hydrogen-bond acceptors (Lipinski definition) is 5. The second kappa shape index (κ2) is 4.70. The van der Waals surface area contributed by atoms with Gasteiger partial charge in [0.25, 0.3) is 0 Å². The van der Waals surface area contributed by atoms with E-state index in [2.05, 4.69) is 9.88 Å². The van der Waals surface area contributed by atoms with Gasteiger partial charge in [-0.25, -0.2) is 9.78 Å². The molecule has 0 bridgehead atoms. The van der Waals surface area contributed by atoms with Crippen molar-refractivity contribution in [1.82, 2.24) is 4.98 Å². The maximum atomic E-state index is 11.1. The van der Waals surface area contributed by atoms with Crippen molar-refractivity contribution in [1.29, 1.82) is 0 Å². The van der Waals surface area contributed by atoms with Crippen molar-refractivity contribution in [2.75, 3.05) is 11.4 Å². The standard InChI is InChI=1S/C13H14N2O3S/c1-8-11(12(16)17)14-13(19-8)15-6-2-4-9(15)10-5-3-7-18-10/h3,5,7,9H,2,4,6H2,1H3,(H,16,17). The number of hydrogen-bond donors (Lipinski definition) is 1. The van der Waals surface area contributed by atoms with E-state index >= 15 is 0 Å². The number of carbonyl (C=O) groups is 1. The molecule has 3 heterocycles. The average Bonchev–Trinajstić information content (AvgIpc) is 3.07. The van der Waals surface area contributed by atoms with E-state index in [-0.39, 0.29) is 11.7 Å². The van der Waals surface area contributed by atoms with Crippen LogP contribution in [0.1, 0.15) is 40.0 Å². The molecule has 1 fully saturated rings. The second-order valence-electron chi connectivity index (χ2n) is 4.57. The quantitative estimate of drug-likeness (QED) is 0.934. The largest absolute Gasteiger partial charge is 0.476 e. The lowest BCUT2D eigenvalue weighted by molar-refractivity contribution is 0.0690. The Hall–Kier alpha value is -1.82. The lowest BCUT2D eigenvalue weighted by Gasteiger charge is -2.21. The highest BCUT2D eigenvalue weighted by Gasteiger charge is 2.31. The zero-order chi connectivity index (χ0) is 13.4. The first kappa shape index (κ1) is 12.2. The molecule has 1 N–H and O–H groups in total. The number of aromatic nitrogens is 1. The van der Waals surface area contributed by atoms with Gasteiger partial charge in [0.1, 0.15) is 5.76 Å². The van der Waals surface area contributed by atoms with Gasteiger partial charge in [-0.3, -0.25) is 0 Å². The molecule has 1 aliphatic heterocycles. The van der Waals surface area contributed by atoms with Gasteiger partial charge < -0.3 is 14.4 Å². The lowest BCUT2D eigenvalue weighted by atomic mass is 10.2. The summed E-state index contributed by atoms with van der Waals surface area (Å²) in [6.07, 6.45) is 3.74. The molecule has 19 heavy (non-hydrogen) atoms. The van der Waals surface area contributed by atoms with Gasteiger partial charge in [-0.2, -0.15) is 0 Å². The van der Waals surface area contributed by atoms with Gasteiger partial charge in [0.05, 0.1) is 12.3 Å². The molecular formula is C13H14N2O3S. The van der Waals surface area contributed by atoms with Gasteiger partial charge in [-0.1, -0.05) is 0 Å². The summed E-state index contributed by atoms with van der Waals surface area (Å²) >= 11 is 1.43. The minimum atomic E-state index is -0.964. The normalized spacial score (nSPS) is 19.0. The van der Waals surface area contributed by atoms with Gasteiger partial charge in [-0.05, 0) is 31.9 Å². The number of furan rings is 1. The molecule has 1 aliphatic rings. The fourth-order valence-corrected chi connectivity index (χ4v) is 3.45. The van der Waals surface area contributed by atoms with Crippen LogP contribution < -0.4 is 4.90 Å². The highest BCUT2D eigenvalue weighted by Crippen LogP contribution is 2.38. The Labute approximate surface area is 114 Å². The summed E-state index contributed by atoms with van der Waals surface area (Å²) in [5, 5.41) is 9.85. The molecule has 1 saturated heterocycles. The number of carboxylic acids is 1. The molecule has 0 amide bonds. The first-order valence-electron chi connectivity index (χ1n) is 6.17. The average molecular weight is 278 g/mol. The number of aryl methyl sites for hydroxylation is 1. The molecule has 5 nitrogen and oxygen atoms in total. The minimum absolute atomic E-state index is 0.157. The molecule has 0 spiro atoms. The van der Waals surface area contributed by atoms with E-state index in [1.165, 1.54) is 11.3 Å². The Morgan fingerprint density at radius 3 is 3.11 bits per heavy atom. The maximum absolute atomic E-state index is 11.1. The number of thiazole rings is 1. The summed E-state index contributed by atoms with van der Waals surface area (Å²) in [6.45, 7) is 2.68. The molecule has 0 aliphatic carbocycles. The summed E-state index contributed by atoms with van der Waals surface area (Å²) in [5.74, 6) is -0.0454. The van der Waals surface area contributed by atoms with Crippen molar-refractivity contribution in [3.8, 4) is 0 Å². The van der Waals surface area contributed by atoms with E-state index in [0.717, 1.165) is 35.2 Å². The zero-order valence-corrected chi connectivity index (χ0v) is 11.3. The molecule has 6 heteroatoms. The second-order valence-corrected chi connectivity index (χ2v) is 5.75. The van der Waals surface area contributed by atoms with Gasteiger partial charge in [0.2, 0.25) is 0 Å². The van der Waals surface area contributed by atoms with Crippen molar-refractivity contribution in [3.05, 3.63) is 34.7 Å². The Balaban J connectivity index is 1.93. The van der Waals surface area contributed by atoms with Crippen LogP contribution in [0.2, 0.25) is 0 Å². The number of nitrogens with zero attached hydrogens (tertiary/aromatic N) is 2. The number of carboxylic acid groups (broad SMARTS) is 1. The van der Waals surface area contributed by atoms with Gasteiger partial charge in [-0.15, -0.1) is 11.3 Å². The van der Waals surface area contributed by atoms with Crippen LogP contribution in [0.3, 0.4) is 0 Å². The summed E-state index contributed by atoms with van der Waals surface area (Å²) < 4.78 is 5.47. The summed E-state index contributed by atoms with van der Waals surface area (Å²) in [4.78, 5) is 18.2. The molecule has 0 aromatic carbocycles. The fourth-order valence-electron chi connectivity index (χ4n) is 2.48. The first-order valence-corrected chi connectivity index (χ1v) is 6.99. The third-order valence-electron chi connectivity index (χ3n) is 3.36. The Kier molecular flexibility index (Phi) is 3.02. The smallest absolute Gasteiger partial charge is 0.355 e. The lowest BCUT2D eigenvalue weighted by Crippen LogP contribution is -2.22. The molecule has 100 valence electrons. The molecule has 0 saturated carbocycles. The highest BCUT2D eigenvalue weighted by atomic mass is 32.1. The van der Waals surface area contributed by atoms with E-state index in [4.69, 9.17) is 9.52 Å². The van der Waals surface area contributed by atoms with Crippen molar-refractivity contribution in [3.63, 3.8) is 0 Å². The van der Waals surface area contributed by atoms with Crippen LogP contribution in [-0.4, -0.2) is 22.6 Å². The van der Waals surface area contributed by atoms with Crippen molar-refractivity contribution < 1.29 is 14.3 Å². The molecule has 0 radical (unpaired) electrons. The van der Waals surface area contributed by atoms with E-state index in [9.17, 15) is 4.79 Å². The van der Waals surface area contributed by atoms with E-state index in [1.807, 2.05) is 12.1 Å². The van der Waals surface area contributed by atoms with Crippen LogP contribution in [-0.2, 0) is 0 Å². The summed E-state index contributed by atoms with van der Waals surface area (Å²) in [7, 11) is 0. The number of rotatable bonds is 3. The van der Waals surface area contributed by atoms with E-state index in [1.54, 1.807) is 13.2 Å². The van der Waals surface area contributed by atoms with Crippen LogP contribution in [0.4, 0.5) is 5.13 Å². The minimum Gasteiger partial charge on any atom is -0.476 e. The van der Waals surface area contributed by atoms with Gasteiger partial charge in [0, 0.05) is 11.4 Å². The van der Waals surface area contributed by atoms with Crippen molar-refractivity contribution in [2.45, 2.75) is 25.8 Å². The predicted molar refractivity (Wildman–Crippen MR) is 71.8 cm³/mol. The molecule has 3 rings (SSSR count). The molecule has 1 atom stereocenters. The Morgan fingerprint density at radius 1 is 1.63 bits per heavy atom. The van der Waals surface area contributed by atoms with Crippen LogP contribution in [0, 0.1) is 6.92 Å². The predicted octanol–water partition coefficient (Wildman–Crippen LogP) is 3.08. The monoisotopic (exact) mass is 278 g/mol. The Bertz CT molecular complexity index is 591. The van der Waals surface area contributed by atoms with Crippen LogP contribution in [0.15, 0.2) is 22.8 Å². The number of anilines is 1. The SMILES string of the molecule is Cc1sc(N2CCCC2c2ccco2)nc1C(=O)O. The van der Waals surface area contributed by atoms with E-state index < -0.39 is 5.97 Å². The van der Waals surface area contributed by atoms with E-state index in [0.29, 0.717) is 0 Å². The third kappa shape index (κ3) is 2.12. The Morgan fingerprint density at radius 2 is 2.47 bits per heavy atom. The van der Waals surface area contributed by atoms with Gasteiger partial charge >= 0.3 is 5.97 Å². The zero-order valence-electron chi connectivity index (χ0n) is 10.5. The fraction of sp³-hybridized carbons (Fsp3) is 0.385. The van der Waals surface area contributed by atoms with Crippen LogP contribution in [0.5, 0.6) is 0 Å². The highest BCUT2D eigenvalue weighted by molar-refractivity contribution is 7.15.